The van der Waals surface area contributed by atoms with Gasteiger partial charge >= 0.3 is 0 Å². The van der Waals surface area contributed by atoms with Crippen LogP contribution in [0, 0.1) is 5.82 Å². The summed E-state index contributed by atoms with van der Waals surface area (Å²) in [5.41, 5.74) is 0.399. The molecule has 0 amide bonds. The number of benzene rings is 1. The fraction of sp³-hybridized carbons (Fsp3) is 0.333. The van der Waals surface area contributed by atoms with Gasteiger partial charge in [0.1, 0.15) is 5.01 Å². The van der Waals surface area contributed by atoms with Crippen molar-refractivity contribution in [1.82, 2.24) is 15.5 Å². The monoisotopic (exact) mass is 285 g/mol. The van der Waals surface area contributed by atoms with Crippen molar-refractivity contribution in [3.8, 4) is 10.6 Å². The van der Waals surface area contributed by atoms with Crippen LogP contribution in [0.2, 0.25) is 5.02 Å². The van der Waals surface area contributed by atoms with Crippen LogP contribution in [0.4, 0.5) is 4.39 Å². The van der Waals surface area contributed by atoms with Gasteiger partial charge < -0.3 is 5.32 Å². The maximum Gasteiger partial charge on any atom is 0.152 e. The van der Waals surface area contributed by atoms with Gasteiger partial charge in [-0.25, -0.2) is 4.39 Å². The Kier molecular flexibility index (Phi) is 4.27. The first-order chi connectivity index (χ1) is 8.58. The van der Waals surface area contributed by atoms with Crippen molar-refractivity contribution in [3.63, 3.8) is 0 Å². The van der Waals surface area contributed by atoms with E-state index in [0.29, 0.717) is 23.2 Å². The number of rotatable bonds is 4. The topological polar surface area (TPSA) is 37.8 Å². The number of hydrogen-bond donors (Lipinski definition) is 1. The molecule has 0 unspecified atom stereocenters. The second kappa shape index (κ2) is 5.73. The molecule has 0 saturated carbocycles. The summed E-state index contributed by atoms with van der Waals surface area (Å²) in [6.45, 7) is 4.74. The van der Waals surface area contributed by atoms with Gasteiger partial charge in [0.15, 0.2) is 10.8 Å². The molecule has 1 N–H and O–H groups in total. The van der Waals surface area contributed by atoms with E-state index >= 15 is 0 Å². The van der Waals surface area contributed by atoms with Crippen molar-refractivity contribution in [2.45, 2.75) is 26.4 Å². The fourth-order valence-electron chi connectivity index (χ4n) is 1.39. The molecule has 0 radical (unpaired) electrons. The summed E-state index contributed by atoms with van der Waals surface area (Å²) in [5, 5.41) is 12.8. The van der Waals surface area contributed by atoms with Gasteiger partial charge in [-0.05, 0) is 12.1 Å². The van der Waals surface area contributed by atoms with Crippen LogP contribution in [0.1, 0.15) is 18.9 Å². The summed E-state index contributed by atoms with van der Waals surface area (Å²) < 4.78 is 13.8. The quantitative estimate of drug-likeness (QED) is 0.934. The average Bonchev–Trinajstić information content (AvgIpc) is 2.78. The van der Waals surface area contributed by atoms with Gasteiger partial charge in [0.2, 0.25) is 0 Å². The van der Waals surface area contributed by atoms with Crippen LogP contribution in [0.3, 0.4) is 0 Å². The molecule has 0 spiro atoms. The highest BCUT2D eigenvalue weighted by Gasteiger charge is 2.13. The van der Waals surface area contributed by atoms with Crippen molar-refractivity contribution in [3.05, 3.63) is 34.0 Å². The minimum atomic E-state index is -0.446. The average molecular weight is 286 g/mol. The Morgan fingerprint density at radius 1 is 1.39 bits per heavy atom. The third-order valence-corrected chi connectivity index (χ3v) is 3.56. The van der Waals surface area contributed by atoms with E-state index in [9.17, 15) is 4.39 Å². The Morgan fingerprint density at radius 3 is 2.89 bits per heavy atom. The van der Waals surface area contributed by atoms with Crippen LogP contribution < -0.4 is 5.32 Å². The summed E-state index contributed by atoms with van der Waals surface area (Å²) >= 11 is 7.11. The molecule has 0 aliphatic heterocycles. The molecule has 0 atom stereocenters. The molecule has 1 aromatic carbocycles. The Morgan fingerprint density at radius 2 is 2.17 bits per heavy atom. The molecule has 0 fully saturated rings. The molecule has 2 aromatic rings. The highest BCUT2D eigenvalue weighted by atomic mass is 35.5. The standard InChI is InChI=1S/C12H13ClFN3S/c1-7(2)15-6-10-16-17-12(18-10)8-4-3-5-9(13)11(8)14/h3-5,7,15H,6H2,1-2H3. The first kappa shape index (κ1) is 13.4. The zero-order chi connectivity index (χ0) is 13.1. The van der Waals surface area contributed by atoms with Crippen molar-refractivity contribution in [2.24, 2.45) is 0 Å². The number of nitrogens with zero attached hydrogens (tertiary/aromatic N) is 2. The predicted octanol–water partition coefficient (Wildman–Crippen LogP) is 3.50. The third-order valence-electron chi connectivity index (χ3n) is 2.31. The molecule has 18 heavy (non-hydrogen) atoms. The van der Waals surface area contributed by atoms with Crippen LogP contribution in [-0.4, -0.2) is 16.2 Å². The number of aromatic nitrogens is 2. The second-order valence-electron chi connectivity index (χ2n) is 4.14. The molecule has 0 saturated heterocycles. The highest BCUT2D eigenvalue weighted by Crippen LogP contribution is 2.29. The summed E-state index contributed by atoms with van der Waals surface area (Å²) in [5.74, 6) is -0.446. The Labute approximate surface area is 114 Å². The van der Waals surface area contributed by atoms with Crippen LogP contribution in [0.15, 0.2) is 18.2 Å². The summed E-state index contributed by atoms with van der Waals surface area (Å²) in [4.78, 5) is 0. The van der Waals surface area contributed by atoms with Gasteiger partial charge in [0, 0.05) is 18.2 Å². The van der Waals surface area contributed by atoms with Crippen LogP contribution in [0.5, 0.6) is 0 Å². The number of halogens is 2. The van der Waals surface area contributed by atoms with Crippen molar-refractivity contribution >= 4 is 22.9 Å². The van der Waals surface area contributed by atoms with Gasteiger partial charge in [0.05, 0.1) is 5.02 Å². The van der Waals surface area contributed by atoms with Crippen molar-refractivity contribution in [2.75, 3.05) is 0 Å². The van der Waals surface area contributed by atoms with E-state index in [2.05, 4.69) is 29.4 Å². The van der Waals surface area contributed by atoms with E-state index in [1.807, 2.05) is 0 Å². The smallest absolute Gasteiger partial charge is 0.152 e. The molecule has 1 heterocycles. The van der Waals surface area contributed by atoms with Gasteiger partial charge in [0.25, 0.3) is 0 Å². The molecule has 2 rings (SSSR count). The van der Waals surface area contributed by atoms with E-state index in [-0.39, 0.29) is 5.02 Å². The first-order valence-corrected chi connectivity index (χ1v) is 6.77. The minimum Gasteiger partial charge on any atom is -0.308 e. The SMILES string of the molecule is CC(C)NCc1nnc(-c2cccc(Cl)c2F)s1. The van der Waals surface area contributed by atoms with Crippen LogP contribution in [-0.2, 0) is 6.54 Å². The van der Waals surface area contributed by atoms with Gasteiger partial charge in [-0.2, -0.15) is 0 Å². The van der Waals surface area contributed by atoms with Gasteiger partial charge in [-0.1, -0.05) is 42.9 Å². The zero-order valence-electron chi connectivity index (χ0n) is 10.1. The Balaban J connectivity index is 2.21. The Hall–Kier alpha value is -1.04. The number of hydrogen-bond acceptors (Lipinski definition) is 4. The lowest BCUT2D eigenvalue weighted by atomic mass is 10.2. The number of nitrogens with one attached hydrogen (secondary N) is 1. The van der Waals surface area contributed by atoms with Crippen LogP contribution in [0.25, 0.3) is 10.6 Å². The molecule has 0 bridgehead atoms. The molecule has 96 valence electrons. The first-order valence-electron chi connectivity index (χ1n) is 5.58. The molecule has 0 aliphatic rings. The van der Waals surface area contributed by atoms with Crippen molar-refractivity contribution in [1.29, 1.82) is 0 Å². The van der Waals surface area contributed by atoms with E-state index in [0.717, 1.165) is 5.01 Å². The largest absolute Gasteiger partial charge is 0.308 e. The predicted molar refractivity (Wildman–Crippen MR) is 72.3 cm³/mol. The third kappa shape index (κ3) is 3.04. The molecule has 6 heteroatoms. The molecule has 0 aliphatic carbocycles. The molecule has 3 nitrogen and oxygen atoms in total. The fourth-order valence-corrected chi connectivity index (χ4v) is 2.38. The maximum atomic E-state index is 13.8. The van der Waals surface area contributed by atoms with E-state index in [1.54, 1.807) is 12.1 Å². The van der Waals surface area contributed by atoms with Crippen molar-refractivity contribution < 1.29 is 4.39 Å². The van der Waals surface area contributed by atoms with E-state index < -0.39 is 5.82 Å². The zero-order valence-corrected chi connectivity index (χ0v) is 11.6. The lowest BCUT2D eigenvalue weighted by molar-refractivity contribution is 0.585. The maximum absolute atomic E-state index is 13.8. The lowest BCUT2D eigenvalue weighted by Gasteiger charge is -2.03. The summed E-state index contributed by atoms with van der Waals surface area (Å²) in [6, 6.07) is 5.25. The lowest BCUT2D eigenvalue weighted by Crippen LogP contribution is -2.21. The summed E-state index contributed by atoms with van der Waals surface area (Å²) in [6.07, 6.45) is 0. The van der Waals surface area contributed by atoms with Gasteiger partial charge in [-0.3, -0.25) is 0 Å². The van der Waals surface area contributed by atoms with E-state index in [4.69, 9.17) is 11.6 Å². The minimum absolute atomic E-state index is 0.101. The molecular formula is C12H13ClFN3S. The summed E-state index contributed by atoms with van der Waals surface area (Å²) in [7, 11) is 0. The highest BCUT2D eigenvalue weighted by molar-refractivity contribution is 7.14. The van der Waals surface area contributed by atoms with Gasteiger partial charge in [-0.15, -0.1) is 10.2 Å². The molecular weight excluding hydrogens is 273 g/mol. The second-order valence-corrected chi connectivity index (χ2v) is 5.61. The van der Waals surface area contributed by atoms with E-state index in [1.165, 1.54) is 17.4 Å². The van der Waals surface area contributed by atoms with Crippen LogP contribution >= 0.6 is 22.9 Å². The molecule has 1 aromatic heterocycles. The Bertz CT molecular complexity index is 542. The normalized spacial score (nSPS) is 11.2.